The number of carbonyl (C=O) groups is 2. The summed E-state index contributed by atoms with van der Waals surface area (Å²) in [6.45, 7) is 16.1. The van der Waals surface area contributed by atoms with Crippen molar-refractivity contribution >= 4 is 11.9 Å². The van der Waals surface area contributed by atoms with Crippen LogP contribution in [-0.2, 0) is 19.1 Å². The fraction of sp³-hybridized carbons (Fsp3) is 0.913. The molecular weight excluding hydrogens is 397 g/mol. The van der Waals surface area contributed by atoms with Gasteiger partial charge in [0.05, 0.1) is 5.41 Å². The first-order valence-electron chi connectivity index (χ1n) is 10.9. The molecule has 0 spiro atoms. The number of halogens is 3. The zero-order valence-electron chi connectivity index (χ0n) is 19.5. The lowest BCUT2D eigenvalue weighted by Gasteiger charge is -2.43. The van der Waals surface area contributed by atoms with Gasteiger partial charge < -0.3 is 9.47 Å². The van der Waals surface area contributed by atoms with Gasteiger partial charge in [0, 0.05) is 5.92 Å². The highest BCUT2D eigenvalue weighted by Crippen LogP contribution is 2.54. The summed E-state index contributed by atoms with van der Waals surface area (Å²) in [5.41, 5.74) is -1.40. The van der Waals surface area contributed by atoms with E-state index in [-0.39, 0.29) is 35.1 Å². The summed E-state index contributed by atoms with van der Waals surface area (Å²) in [5, 5.41) is 0. The highest BCUT2D eigenvalue weighted by atomic mass is 19.4. The summed E-state index contributed by atoms with van der Waals surface area (Å²) in [6, 6.07) is 0. The van der Waals surface area contributed by atoms with Gasteiger partial charge in [-0.05, 0) is 69.6 Å². The molecule has 2 fully saturated rings. The van der Waals surface area contributed by atoms with Gasteiger partial charge in [-0.2, -0.15) is 13.2 Å². The summed E-state index contributed by atoms with van der Waals surface area (Å²) in [7, 11) is 0. The lowest BCUT2D eigenvalue weighted by molar-refractivity contribution is -0.208. The van der Waals surface area contributed by atoms with Crippen LogP contribution in [0.5, 0.6) is 0 Å². The molecule has 0 saturated heterocycles. The van der Waals surface area contributed by atoms with Gasteiger partial charge in [-0.1, -0.05) is 34.6 Å². The topological polar surface area (TPSA) is 52.6 Å². The third kappa shape index (κ3) is 5.31. The Balaban J connectivity index is 2.06. The van der Waals surface area contributed by atoms with Gasteiger partial charge in [-0.25, -0.2) is 4.79 Å². The first kappa shape index (κ1) is 25.0. The molecule has 5 atom stereocenters. The Morgan fingerprint density at radius 2 is 1.47 bits per heavy atom. The molecule has 0 aromatic heterocycles. The maximum Gasteiger partial charge on any atom is 0.490 e. The second-order valence-electron chi connectivity index (χ2n) is 11.6. The normalized spacial score (nSPS) is 29.1. The quantitative estimate of drug-likeness (QED) is 0.487. The molecule has 4 nitrogen and oxygen atoms in total. The number of carbonyl (C=O) groups excluding carboxylic acids is 2. The highest BCUT2D eigenvalue weighted by Gasteiger charge is 2.56. The molecular formula is C23H37F3O4. The van der Waals surface area contributed by atoms with Crippen LogP contribution in [0.25, 0.3) is 0 Å². The molecule has 2 saturated carbocycles. The molecule has 2 bridgehead atoms. The minimum atomic E-state index is -4.97. The van der Waals surface area contributed by atoms with E-state index in [4.69, 9.17) is 9.47 Å². The van der Waals surface area contributed by atoms with Crippen molar-refractivity contribution in [3.05, 3.63) is 0 Å². The zero-order valence-corrected chi connectivity index (χ0v) is 19.5. The van der Waals surface area contributed by atoms with E-state index < -0.39 is 29.3 Å². The summed E-state index contributed by atoms with van der Waals surface area (Å²) in [6.07, 6.45) is -3.29. The number of ether oxygens (including phenoxy) is 2. The van der Waals surface area contributed by atoms with Gasteiger partial charge in [0.2, 0.25) is 0 Å². The first-order valence-corrected chi connectivity index (χ1v) is 10.9. The van der Waals surface area contributed by atoms with E-state index in [9.17, 15) is 22.8 Å². The standard InChI is InChI=1S/C23H37F3O4/c1-13(2)22(8,12-20(3,4)5)18(27)30-21(6,7)16-10-15-9-14(16)11-17(15)29-19(28)23(24,25)26/h13-17H,9-12H2,1-8H3. The Morgan fingerprint density at radius 3 is 1.87 bits per heavy atom. The number of rotatable bonds is 6. The zero-order chi connectivity index (χ0) is 23.3. The number of hydrogen-bond acceptors (Lipinski definition) is 4. The molecule has 0 amide bonds. The SMILES string of the molecule is CC(C)C(C)(CC(C)(C)C)C(=O)OC(C)(C)C1CC2CC1CC2OC(=O)C(F)(F)F. The first-order chi connectivity index (χ1) is 13.4. The van der Waals surface area contributed by atoms with Crippen LogP contribution >= 0.6 is 0 Å². The Bertz CT molecular complexity index is 662. The molecule has 0 aromatic carbocycles. The summed E-state index contributed by atoms with van der Waals surface area (Å²) < 4.78 is 48.4. The van der Waals surface area contributed by atoms with E-state index in [2.05, 4.69) is 20.8 Å². The molecule has 174 valence electrons. The molecule has 0 aliphatic heterocycles. The van der Waals surface area contributed by atoms with Crippen LogP contribution in [0.3, 0.4) is 0 Å². The molecule has 2 aliphatic rings. The van der Waals surface area contributed by atoms with Crippen LogP contribution in [0.1, 0.15) is 81.1 Å². The lowest BCUT2D eigenvalue weighted by atomic mass is 9.68. The van der Waals surface area contributed by atoms with E-state index >= 15 is 0 Å². The van der Waals surface area contributed by atoms with Gasteiger partial charge in [-0.15, -0.1) is 0 Å². The van der Waals surface area contributed by atoms with Crippen LogP contribution in [0, 0.1) is 34.5 Å². The third-order valence-corrected chi connectivity index (χ3v) is 7.17. The van der Waals surface area contributed by atoms with Crippen LogP contribution < -0.4 is 0 Å². The Hall–Kier alpha value is -1.27. The van der Waals surface area contributed by atoms with E-state index in [0.717, 1.165) is 0 Å². The van der Waals surface area contributed by atoms with Gasteiger partial charge in [0.25, 0.3) is 0 Å². The van der Waals surface area contributed by atoms with E-state index in [1.807, 2.05) is 34.6 Å². The minimum Gasteiger partial charge on any atom is -0.459 e. The van der Waals surface area contributed by atoms with Crippen LogP contribution in [0.4, 0.5) is 13.2 Å². The van der Waals surface area contributed by atoms with Gasteiger partial charge in [-0.3, -0.25) is 4.79 Å². The predicted octanol–water partition coefficient (Wildman–Crippen LogP) is 5.93. The summed E-state index contributed by atoms with van der Waals surface area (Å²) in [4.78, 5) is 24.5. The fourth-order valence-electron chi connectivity index (χ4n) is 5.47. The lowest BCUT2D eigenvalue weighted by Crippen LogP contribution is -2.47. The van der Waals surface area contributed by atoms with E-state index in [1.54, 1.807) is 0 Å². The van der Waals surface area contributed by atoms with Crippen LogP contribution in [-0.4, -0.2) is 29.8 Å². The van der Waals surface area contributed by atoms with Crippen LogP contribution in [0.15, 0.2) is 0 Å². The van der Waals surface area contributed by atoms with Crippen molar-refractivity contribution in [2.75, 3.05) is 0 Å². The maximum atomic E-state index is 13.3. The average molecular weight is 435 g/mol. The molecule has 0 aromatic rings. The van der Waals surface area contributed by atoms with Crippen molar-refractivity contribution in [3.63, 3.8) is 0 Å². The van der Waals surface area contributed by atoms with E-state index in [0.29, 0.717) is 25.7 Å². The molecule has 0 heterocycles. The summed E-state index contributed by atoms with van der Waals surface area (Å²) >= 11 is 0. The smallest absolute Gasteiger partial charge is 0.459 e. The Labute approximate surface area is 178 Å². The van der Waals surface area contributed by atoms with Crippen molar-refractivity contribution in [1.82, 2.24) is 0 Å². The Morgan fingerprint density at radius 1 is 0.900 bits per heavy atom. The van der Waals surface area contributed by atoms with Crippen LogP contribution in [0.2, 0.25) is 0 Å². The molecule has 2 rings (SSSR count). The number of hydrogen-bond donors (Lipinski definition) is 0. The second kappa shape index (κ2) is 8.01. The largest absolute Gasteiger partial charge is 0.490 e. The second-order valence-corrected chi connectivity index (χ2v) is 11.6. The Kier molecular flexibility index (Phi) is 6.67. The fourth-order valence-corrected chi connectivity index (χ4v) is 5.47. The van der Waals surface area contributed by atoms with Crippen molar-refractivity contribution in [1.29, 1.82) is 0 Å². The molecule has 7 heteroatoms. The summed E-state index contributed by atoms with van der Waals surface area (Å²) in [5.74, 6) is -2.23. The minimum absolute atomic E-state index is 0.0375. The van der Waals surface area contributed by atoms with Crippen molar-refractivity contribution < 1.29 is 32.2 Å². The number of fused-ring (bicyclic) bond motifs is 2. The van der Waals surface area contributed by atoms with Crippen molar-refractivity contribution in [2.24, 2.45) is 34.5 Å². The molecule has 2 aliphatic carbocycles. The van der Waals surface area contributed by atoms with Crippen molar-refractivity contribution in [3.8, 4) is 0 Å². The van der Waals surface area contributed by atoms with E-state index in [1.165, 1.54) is 0 Å². The maximum absolute atomic E-state index is 13.3. The monoisotopic (exact) mass is 434 g/mol. The molecule has 30 heavy (non-hydrogen) atoms. The predicted molar refractivity (Wildman–Crippen MR) is 107 cm³/mol. The third-order valence-electron chi connectivity index (χ3n) is 7.17. The van der Waals surface area contributed by atoms with Gasteiger partial charge in [0.1, 0.15) is 11.7 Å². The number of alkyl halides is 3. The van der Waals surface area contributed by atoms with Gasteiger partial charge >= 0.3 is 18.1 Å². The average Bonchev–Trinajstić information content (AvgIpc) is 3.12. The number of esters is 2. The van der Waals surface area contributed by atoms with Gasteiger partial charge in [0.15, 0.2) is 0 Å². The molecule has 0 radical (unpaired) electrons. The molecule has 5 unspecified atom stereocenters. The molecule has 0 N–H and O–H groups in total. The van der Waals surface area contributed by atoms with Crippen molar-refractivity contribution in [2.45, 2.75) is 99.0 Å². The highest BCUT2D eigenvalue weighted by molar-refractivity contribution is 5.77.